The molecule has 0 aromatic heterocycles. The highest BCUT2D eigenvalue weighted by molar-refractivity contribution is 8.01. The maximum Gasteiger partial charge on any atom is 0.144 e. The molecule has 0 radical (unpaired) electrons. The summed E-state index contributed by atoms with van der Waals surface area (Å²) in [5, 5.41) is 6.12. The van der Waals surface area contributed by atoms with E-state index in [2.05, 4.69) is 103 Å². The lowest BCUT2D eigenvalue weighted by molar-refractivity contribution is -1.73. The van der Waals surface area contributed by atoms with Gasteiger partial charge in [0.15, 0.2) is 0 Å². The van der Waals surface area contributed by atoms with Gasteiger partial charge < -0.3 is 14.0 Å². The average molecular weight is 457 g/mol. The van der Waals surface area contributed by atoms with Crippen LogP contribution in [0, 0.1) is 10.8 Å². The van der Waals surface area contributed by atoms with E-state index in [9.17, 15) is 0 Å². The number of hydrogen-bond donors (Lipinski definition) is 0. The SMILES string of the molecule is Clc1ccc([P+](c2ccccc2)(c2ccccc2)c2ccccc2)cc1.[O-][Cl+2]([O-])[O-]. The molecule has 0 unspecified atom stereocenters. The molecule has 0 aliphatic heterocycles. The van der Waals surface area contributed by atoms with Gasteiger partial charge in [-0.25, -0.2) is 0 Å². The van der Waals surface area contributed by atoms with Gasteiger partial charge in [0, 0.05) is 5.02 Å². The molecule has 30 heavy (non-hydrogen) atoms. The maximum absolute atomic E-state index is 8.41. The molecule has 0 bridgehead atoms. The van der Waals surface area contributed by atoms with Crippen LogP contribution in [-0.2, 0) is 0 Å². The van der Waals surface area contributed by atoms with Gasteiger partial charge >= 0.3 is 0 Å². The average Bonchev–Trinajstić information content (AvgIpc) is 2.77. The standard InChI is InChI=1S/C24H19ClP.ClO3/c25-20-16-18-24(19-17-20)26(21-10-4-1-5-11-21,22-12-6-2-7-13-22)23-14-8-3-9-15-23;2-1(3)4/h1-19H;/q+1;-1. The predicted molar refractivity (Wildman–Crippen MR) is 116 cm³/mol. The summed E-state index contributed by atoms with van der Waals surface area (Å²) in [6.07, 6.45) is 0. The fourth-order valence-electron chi connectivity index (χ4n) is 3.51. The minimum absolute atomic E-state index is 0.765. The molecule has 4 aromatic carbocycles. The molecule has 0 N–H and O–H groups in total. The summed E-state index contributed by atoms with van der Waals surface area (Å²) < 4.78 is 25.2. The Morgan fingerprint density at radius 2 is 0.733 bits per heavy atom. The molecule has 0 spiro atoms. The van der Waals surface area contributed by atoms with Crippen molar-refractivity contribution in [1.82, 2.24) is 0 Å². The Morgan fingerprint density at radius 3 is 1.03 bits per heavy atom. The van der Waals surface area contributed by atoms with Gasteiger partial charge in [0.2, 0.25) is 0 Å². The summed E-state index contributed by atoms with van der Waals surface area (Å²) in [5.41, 5.74) is 0. The second-order valence-electron chi connectivity index (χ2n) is 6.34. The zero-order valence-electron chi connectivity index (χ0n) is 15.9. The van der Waals surface area contributed by atoms with E-state index in [0.29, 0.717) is 0 Å². The molecule has 0 aliphatic carbocycles. The lowest BCUT2D eigenvalue weighted by Gasteiger charge is -2.27. The summed E-state index contributed by atoms with van der Waals surface area (Å²) in [5.74, 6) is 0. The second kappa shape index (κ2) is 10.7. The number of benzene rings is 4. The zero-order valence-corrected chi connectivity index (χ0v) is 18.3. The van der Waals surface area contributed by atoms with Gasteiger partial charge in [-0.15, -0.1) is 0 Å². The Morgan fingerprint density at radius 1 is 0.467 bits per heavy atom. The van der Waals surface area contributed by atoms with Crippen molar-refractivity contribution in [3.63, 3.8) is 0 Å². The molecule has 0 fully saturated rings. The number of hydrogen-bond acceptors (Lipinski definition) is 3. The molecular weight excluding hydrogens is 438 g/mol. The molecule has 0 amide bonds. The van der Waals surface area contributed by atoms with E-state index in [1.807, 2.05) is 12.1 Å². The highest BCUT2D eigenvalue weighted by Crippen LogP contribution is 2.54. The molecule has 0 aliphatic rings. The first-order valence-electron chi connectivity index (χ1n) is 9.10. The molecular formula is C24H19Cl2O3P. The molecule has 0 heterocycles. The van der Waals surface area contributed by atoms with Crippen LogP contribution < -0.4 is 35.2 Å². The lowest BCUT2D eigenvalue weighted by Crippen LogP contribution is -2.42. The molecule has 3 nitrogen and oxygen atoms in total. The molecule has 6 heteroatoms. The van der Waals surface area contributed by atoms with Gasteiger partial charge in [-0.2, -0.15) is 0 Å². The normalized spacial score (nSPS) is 11.0. The summed E-state index contributed by atoms with van der Waals surface area (Å²) in [7, 11) is -4.84. The minimum atomic E-state index is -2.85. The van der Waals surface area contributed by atoms with Gasteiger partial charge in [-0.05, 0) is 60.7 Å². The Balaban J connectivity index is 0.000000589. The molecule has 0 saturated heterocycles. The van der Waals surface area contributed by atoms with Crippen molar-refractivity contribution < 1.29 is 24.8 Å². The lowest BCUT2D eigenvalue weighted by atomic mass is 10.3. The smallest absolute Gasteiger partial charge is 0.144 e. The van der Waals surface area contributed by atoms with E-state index in [4.69, 9.17) is 25.6 Å². The van der Waals surface area contributed by atoms with Crippen LogP contribution in [0.5, 0.6) is 0 Å². The van der Waals surface area contributed by atoms with Crippen molar-refractivity contribution in [3.8, 4) is 0 Å². The Kier molecular flexibility index (Phi) is 8.01. The van der Waals surface area contributed by atoms with E-state index in [1.54, 1.807) is 0 Å². The molecule has 4 aromatic rings. The van der Waals surface area contributed by atoms with Crippen LogP contribution in [0.15, 0.2) is 115 Å². The van der Waals surface area contributed by atoms with Crippen LogP contribution in [0.4, 0.5) is 0 Å². The largest absolute Gasteiger partial charge is 0.357 e. The van der Waals surface area contributed by atoms with Crippen molar-refractivity contribution in [2.45, 2.75) is 0 Å². The van der Waals surface area contributed by atoms with Crippen molar-refractivity contribution in [2.75, 3.05) is 0 Å². The fourth-order valence-corrected chi connectivity index (χ4v) is 7.88. The van der Waals surface area contributed by atoms with Crippen molar-refractivity contribution >= 4 is 40.1 Å². The zero-order chi connectivity index (χ0) is 21.4. The molecule has 4 rings (SSSR count). The third kappa shape index (κ3) is 5.08. The van der Waals surface area contributed by atoms with Gasteiger partial charge in [-0.3, -0.25) is 0 Å². The Labute approximate surface area is 185 Å². The van der Waals surface area contributed by atoms with Crippen LogP contribution in [-0.4, -0.2) is 0 Å². The Bertz CT molecular complexity index is 929. The summed E-state index contributed by atoms with van der Waals surface area (Å²) in [4.78, 5) is 0. The predicted octanol–water partition coefficient (Wildman–Crippen LogP) is 1.39. The Hall–Kier alpha value is -2.23. The van der Waals surface area contributed by atoms with Crippen LogP contribution in [0.1, 0.15) is 0 Å². The summed E-state index contributed by atoms with van der Waals surface area (Å²) in [6.45, 7) is 0. The topological polar surface area (TPSA) is 69.2 Å². The van der Waals surface area contributed by atoms with Crippen molar-refractivity contribution in [3.05, 3.63) is 120 Å². The van der Waals surface area contributed by atoms with Gasteiger partial charge in [0.05, 0.1) is 10.8 Å². The monoisotopic (exact) mass is 456 g/mol. The van der Waals surface area contributed by atoms with E-state index in [0.717, 1.165) is 5.02 Å². The highest BCUT2D eigenvalue weighted by atomic mass is 35.6. The van der Waals surface area contributed by atoms with E-state index in [1.165, 1.54) is 21.2 Å². The van der Waals surface area contributed by atoms with E-state index in [-0.39, 0.29) is 0 Å². The van der Waals surface area contributed by atoms with Crippen molar-refractivity contribution in [2.24, 2.45) is 0 Å². The van der Waals surface area contributed by atoms with Gasteiger partial charge in [0.25, 0.3) is 0 Å². The fraction of sp³-hybridized carbons (Fsp3) is 0. The third-order valence-electron chi connectivity index (χ3n) is 4.64. The molecule has 0 saturated carbocycles. The first-order chi connectivity index (χ1) is 14.5. The third-order valence-corrected chi connectivity index (χ3v) is 9.19. The quantitative estimate of drug-likeness (QED) is 0.435. The molecule has 152 valence electrons. The van der Waals surface area contributed by atoms with Gasteiger partial charge in [0.1, 0.15) is 28.5 Å². The van der Waals surface area contributed by atoms with Crippen LogP contribution in [0.3, 0.4) is 0 Å². The van der Waals surface area contributed by atoms with Crippen LogP contribution in [0.25, 0.3) is 0 Å². The summed E-state index contributed by atoms with van der Waals surface area (Å²) >= 11 is 6.21. The number of halogens is 2. The van der Waals surface area contributed by atoms with E-state index >= 15 is 0 Å². The summed E-state index contributed by atoms with van der Waals surface area (Å²) in [6, 6.07) is 40.9. The molecule has 0 atom stereocenters. The second-order valence-corrected chi connectivity index (χ2v) is 10.6. The first kappa shape index (κ1) is 22.5. The first-order valence-corrected chi connectivity index (χ1v) is 12.2. The van der Waals surface area contributed by atoms with Crippen molar-refractivity contribution in [1.29, 1.82) is 0 Å². The van der Waals surface area contributed by atoms with Gasteiger partial charge in [-0.1, -0.05) is 66.2 Å². The number of rotatable bonds is 4. The maximum atomic E-state index is 8.41. The minimum Gasteiger partial charge on any atom is -0.357 e. The van der Waals surface area contributed by atoms with Crippen LogP contribution in [0.2, 0.25) is 5.02 Å². The van der Waals surface area contributed by atoms with E-state index < -0.39 is 18.0 Å². The van der Waals surface area contributed by atoms with Crippen LogP contribution >= 0.6 is 18.9 Å². The highest BCUT2D eigenvalue weighted by Gasteiger charge is 2.47.